The molecule has 5 heteroatoms. The summed E-state index contributed by atoms with van der Waals surface area (Å²) < 4.78 is 25.7. The minimum atomic E-state index is -3.11. The van der Waals surface area contributed by atoms with E-state index in [0.717, 1.165) is 0 Å². The molecule has 0 bridgehead atoms. The molecule has 1 saturated carbocycles. The van der Waals surface area contributed by atoms with Gasteiger partial charge in [0.1, 0.15) is 0 Å². The van der Waals surface area contributed by atoms with E-state index in [2.05, 4.69) is 4.98 Å². The number of halogens is 2. The van der Waals surface area contributed by atoms with Gasteiger partial charge in [0, 0.05) is 18.8 Å². The molecule has 2 N–H and O–H groups in total. The summed E-state index contributed by atoms with van der Waals surface area (Å²) in [6.07, 6.45) is 2.14. The summed E-state index contributed by atoms with van der Waals surface area (Å²) in [5.41, 5.74) is -1.84. The average Bonchev–Trinajstić information content (AvgIpc) is 2.52. The first kappa shape index (κ1) is 8.22. The monoisotopic (exact) mass is 187 g/mol. The van der Waals surface area contributed by atoms with Crippen LogP contribution < -0.4 is 0 Å². The SMILES string of the molecule is O=C(O)C1(c2cc[nH]c2)CC1(F)F. The fourth-order valence-electron chi connectivity index (χ4n) is 1.55. The van der Waals surface area contributed by atoms with Gasteiger partial charge >= 0.3 is 5.97 Å². The molecule has 1 aromatic heterocycles. The number of nitrogens with one attached hydrogen (secondary N) is 1. The van der Waals surface area contributed by atoms with E-state index in [1.165, 1.54) is 18.5 Å². The van der Waals surface area contributed by atoms with Crippen LogP contribution in [0.1, 0.15) is 12.0 Å². The summed E-state index contributed by atoms with van der Waals surface area (Å²) >= 11 is 0. The van der Waals surface area contributed by atoms with Crippen molar-refractivity contribution in [2.24, 2.45) is 0 Å². The summed E-state index contributed by atoms with van der Waals surface area (Å²) in [5, 5.41) is 8.72. The molecule has 1 unspecified atom stereocenters. The molecule has 0 aromatic carbocycles. The number of hydrogen-bond acceptors (Lipinski definition) is 1. The van der Waals surface area contributed by atoms with Crippen LogP contribution in [0, 0.1) is 0 Å². The molecule has 0 aliphatic heterocycles. The highest BCUT2D eigenvalue weighted by atomic mass is 19.3. The molecule has 1 heterocycles. The van der Waals surface area contributed by atoms with Crippen molar-refractivity contribution in [1.29, 1.82) is 0 Å². The van der Waals surface area contributed by atoms with Crippen molar-refractivity contribution in [3.8, 4) is 0 Å². The van der Waals surface area contributed by atoms with E-state index in [4.69, 9.17) is 5.11 Å². The van der Waals surface area contributed by atoms with E-state index in [1.807, 2.05) is 0 Å². The van der Waals surface area contributed by atoms with E-state index in [9.17, 15) is 13.6 Å². The highest BCUT2D eigenvalue weighted by molar-refractivity contribution is 5.87. The summed E-state index contributed by atoms with van der Waals surface area (Å²) in [5.74, 6) is -4.57. The zero-order valence-electron chi connectivity index (χ0n) is 6.55. The molecular formula is C8H7F2NO2. The van der Waals surface area contributed by atoms with E-state index >= 15 is 0 Å². The molecule has 70 valence electrons. The topological polar surface area (TPSA) is 53.1 Å². The van der Waals surface area contributed by atoms with Gasteiger partial charge in [-0.2, -0.15) is 0 Å². The van der Waals surface area contributed by atoms with E-state index in [0.29, 0.717) is 0 Å². The molecule has 0 amide bonds. The Labute approximate surface area is 72.4 Å². The van der Waals surface area contributed by atoms with Crippen LogP contribution in [0.15, 0.2) is 18.5 Å². The van der Waals surface area contributed by atoms with E-state index in [1.54, 1.807) is 0 Å². The number of aromatic nitrogens is 1. The van der Waals surface area contributed by atoms with Crippen LogP contribution in [0.5, 0.6) is 0 Å². The molecule has 1 atom stereocenters. The first-order valence-corrected chi connectivity index (χ1v) is 3.75. The zero-order chi connectivity index (χ0) is 9.69. The van der Waals surface area contributed by atoms with Gasteiger partial charge in [-0.15, -0.1) is 0 Å². The number of hydrogen-bond donors (Lipinski definition) is 2. The van der Waals surface area contributed by atoms with Crippen molar-refractivity contribution in [1.82, 2.24) is 4.98 Å². The van der Waals surface area contributed by atoms with E-state index in [-0.39, 0.29) is 5.56 Å². The minimum absolute atomic E-state index is 0.144. The van der Waals surface area contributed by atoms with Gasteiger partial charge in [0.05, 0.1) is 0 Å². The first-order valence-electron chi connectivity index (χ1n) is 3.75. The van der Waals surface area contributed by atoms with Gasteiger partial charge in [-0.05, 0) is 11.6 Å². The van der Waals surface area contributed by atoms with Crippen molar-refractivity contribution < 1.29 is 18.7 Å². The quantitative estimate of drug-likeness (QED) is 0.734. The standard InChI is InChI=1S/C8H7F2NO2/c9-8(10)4-7(8,6(12)13)5-1-2-11-3-5/h1-3,11H,4H2,(H,12,13). The number of aliphatic carboxylic acids is 1. The lowest BCUT2D eigenvalue weighted by atomic mass is 9.99. The third-order valence-corrected chi connectivity index (χ3v) is 2.44. The molecule has 0 spiro atoms. The molecule has 13 heavy (non-hydrogen) atoms. The van der Waals surface area contributed by atoms with Gasteiger partial charge in [0.25, 0.3) is 5.92 Å². The van der Waals surface area contributed by atoms with Crippen molar-refractivity contribution in [3.63, 3.8) is 0 Å². The average molecular weight is 187 g/mol. The van der Waals surface area contributed by atoms with Crippen LogP contribution in [0.3, 0.4) is 0 Å². The van der Waals surface area contributed by atoms with Crippen molar-refractivity contribution >= 4 is 5.97 Å². The Kier molecular flexibility index (Phi) is 1.33. The van der Waals surface area contributed by atoms with Crippen LogP contribution in [-0.4, -0.2) is 22.0 Å². The smallest absolute Gasteiger partial charge is 0.320 e. The van der Waals surface area contributed by atoms with Gasteiger partial charge in [0.15, 0.2) is 5.41 Å². The maximum absolute atomic E-state index is 12.9. The summed E-state index contributed by atoms with van der Waals surface area (Å²) in [6, 6.07) is 1.37. The number of H-pyrrole nitrogens is 1. The second-order valence-electron chi connectivity index (χ2n) is 3.19. The number of carboxylic acids is 1. The predicted molar refractivity (Wildman–Crippen MR) is 39.7 cm³/mol. The highest BCUT2D eigenvalue weighted by Gasteiger charge is 2.77. The normalized spacial score (nSPS) is 30.0. The number of rotatable bonds is 2. The van der Waals surface area contributed by atoms with Crippen molar-refractivity contribution in [2.75, 3.05) is 0 Å². The van der Waals surface area contributed by atoms with Crippen LogP contribution >= 0.6 is 0 Å². The van der Waals surface area contributed by atoms with Crippen LogP contribution in [0.2, 0.25) is 0 Å². The number of aromatic amines is 1. The molecule has 1 aliphatic carbocycles. The minimum Gasteiger partial charge on any atom is -0.480 e. The molecule has 0 saturated heterocycles. The lowest BCUT2D eigenvalue weighted by Gasteiger charge is -2.07. The van der Waals surface area contributed by atoms with Crippen molar-refractivity contribution in [2.45, 2.75) is 17.8 Å². The molecule has 1 aromatic rings. The van der Waals surface area contributed by atoms with Crippen LogP contribution in [-0.2, 0) is 10.2 Å². The predicted octanol–water partition coefficient (Wildman–Crippen LogP) is 1.38. The summed E-state index contributed by atoms with van der Waals surface area (Å²) in [7, 11) is 0. The van der Waals surface area contributed by atoms with Gasteiger partial charge in [-0.25, -0.2) is 8.78 Å². The molecule has 2 rings (SSSR count). The Balaban J connectivity index is 2.45. The fourth-order valence-corrected chi connectivity index (χ4v) is 1.55. The highest BCUT2D eigenvalue weighted by Crippen LogP contribution is 2.61. The Morgan fingerprint density at radius 3 is 2.54 bits per heavy atom. The summed E-state index contributed by atoms with van der Waals surface area (Å²) in [4.78, 5) is 13.3. The van der Waals surface area contributed by atoms with Crippen molar-refractivity contribution in [3.05, 3.63) is 24.0 Å². The fraction of sp³-hybridized carbons (Fsp3) is 0.375. The molecule has 1 fully saturated rings. The molecule has 0 radical (unpaired) electrons. The van der Waals surface area contributed by atoms with Crippen LogP contribution in [0.4, 0.5) is 8.78 Å². The Morgan fingerprint density at radius 2 is 2.23 bits per heavy atom. The second kappa shape index (κ2) is 2.10. The lowest BCUT2D eigenvalue weighted by molar-refractivity contribution is -0.142. The summed E-state index contributed by atoms with van der Waals surface area (Å²) in [6.45, 7) is 0. The Bertz CT molecular complexity index is 347. The maximum Gasteiger partial charge on any atom is 0.320 e. The Hall–Kier alpha value is -1.39. The first-order chi connectivity index (χ1) is 6.01. The molecule has 3 nitrogen and oxygen atoms in total. The van der Waals surface area contributed by atoms with Gasteiger partial charge in [-0.1, -0.05) is 0 Å². The third kappa shape index (κ3) is 0.839. The number of carboxylic acid groups (broad SMARTS) is 1. The zero-order valence-corrected chi connectivity index (χ0v) is 6.55. The maximum atomic E-state index is 12.9. The number of carbonyl (C=O) groups is 1. The lowest BCUT2D eigenvalue weighted by Crippen LogP contribution is -2.26. The Morgan fingerprint density at radius 1 is 1.62 bits per heavy atom. The van der Waals surface area contributed by atoms with Crippen LogP contribution in [0.25, 0.3) is 0 Å². The van der Waals surface area contributed by atoms with Gasteiger partial charge in [-0.3, -0.25) is 4.79 Å². The van der Waals surface area contributed by atoms with Gasteiger partial charge < -0.3 is 10.1 Å². The number of alkyl halides is 2. The molecule has 1 aliphatic rings. The second-order valence-corrected chi connectivity index (χ2v) is 3.19. The third-order valence-electron chi connectivity index (χ3n) is 2.44. The largest absolute Gasteiger partial charge is 0.480 e. The van der Waals surface area contributed by atoms with Gasteiger partial charge in [0.2, 0.25) is 0 Å². The van der Waals surface area contributed by atoms with E-state index < -0.39 is 23.7 Å². The molecular weight excluding hydrogens is 180 g/mol.